The number of hydrogen-bond acceptors (Lipinski definition) is 5. The summed E-state index contributed by atoms with van der Waals surface area (Å²) in [5.74, 6) is -0.801. The van der Waals surface area contributed by atoms with Gasteiger partial charge in [0.2, 0.25) is 0 Å². The molecule has 5 nitrogen and oxygen atoms in total. The number of pyridine rings is 1. The number of carbonyl (C=O) groups is 2. The molecule has 0 aliphatic rings. The number of aromatic hydroxyl groups is 2. The lowest BCUT2D eigenvalue weighted by Crippen LogP contribution is -1.98. The SMILES string of the molecule is O=Cc1c(C=O)c(O)c2ncc(Cc3ccc(P)c(Cl)c3)cc2c1O. The number of hydrogen-bond donors (Lipinski definition) is 2. The molecule has 0 amide bonds. The fourth-order valence-electron chi connectivity index (χ4n) is 2.66. The van der Waals surface area contributed by atoms with Crippen LogP contribution in [0.25, 0.3) is 10.9 Å². The molecular weight excluding hydrogens is 361 g/mol. The minimum absolute atomic E-state index is 0.0623. The highest BCUT2D eigenvalue weighted by molar-refractivity contribution is 7.28. The fraction of sp³-hybridized carbons (Fsp3) is 0.0556. The minimum atomic E-state index is -0.424. The Labute approximate surface area is 150 Å². The number of carbonyl (C=O) groups excluding carboxylic acids is 2. The smallest absolute Gasteiger partial charge is 0.154 e. The second kappa shape index (κ2) is 6.79. The predicted molar refractivity (Wildman–Crippen MR) is 99.4 cm³/mol. The van der Waals surface area contributed by atoms with E-state index in [4.69, 9.17) is 11.6 Å². The predicted octanol–water partition coefficient (Wildman–Crippen LogP) is 3.02. The third-order valence-electron chi connectivity index (χ3n) is 3.93. The van der Waals surface area contributed by atoms with Gasteiger partial charge >= 0.3 is 0 Å². The van der Waals surface area contributed by atoms with Crippen molar-refractivity contribution in [3.63, 3.8) is 0 Å². The van der Waals surface area contributed by atoms with Gasteiger partial charge in [0.15, 0.2) is 18.3 Å². The van der Waals surface area contributed by atoms with Crippen molar-refractivity contribution >= 4 is 49.6 Å². The van der Waals surface area contributed by atoms with Crippen LogP contribution in [0.15, 0.2) is 30.5 Å². The minimum Gasteiger partial charge on any atom is -0.506 e. The molecular formula is C18H13ClNO4P. The molecule has 1 atom stereocenters. The molecule has 1 heterocycles. The van der Waals surface area contributed by atoms with E-state index >= 15 is 0 Å². The van der Waals surface area contributed by atoms with Crippen molar-refractivity contribution in [3.8, 4) is 11.5 Å². The number of nitrogens with zero attached hydrogens (tertiary/aromatic N) is 1. The standard InChI is InChI=1S/C18H13ClNO4P/c19-14-5-9(1-2-15(14)25)3-10-4-11-16(20-6-10)18(24)13(8-22)12(7-21)17(11)23/h1-2,4-8,23-24H,3,25H2. The Bertz CT molecular complexity index is 1020. The number of rotatable bonds is 4. The van der Waals surface area contributed by atoms with Crippen LogP contribution < -0.4 is 5.30 Å². The average Bonchev–Trinajstić information content (AvgIpc) is 2.61. The zero-order valence-corrected chi connectivity index (χ0v) is 14.8. The topological polar surface area (TPSA) is 87.5 Å². The third-order valence-corrected chi connectivity index (χ3v) is 4.95. The van der Waals surface area contributed by atoms with E-state index in [-0.39, 0.29) is 27.8 Å². The first-order chi connectivity index (χ1) is 12.0. The highest BCUT2D eigenvalue weighted by Crippen LogP contribution is 2.37. The van der Waals surface area contributed by atoms with Gasteiger partial charge in [-0.05, 0) is 35.0 Å². The largest absolute Gasteiger partial charge is 0.506 e. The highest BCUT2D eigenvalue weighted by atomic mass is 35.5. The van der Waals surface area contributed by atoms with Crippen molar-refractivity contribution in [2.24, 2.45) is 0 Å². The Balaban J connectivity index is 2.13. The Morgan fingerprint density at radius 2 is 1.72 bits per heavy atom. The van der Waals surface area contributed by atoms with Gasteiger partial charge in [-0.3, -0.25) is 14.6 Å². The number of fused-ring (bicyclic) bond motifs is 1. The van der Waals surface area contributed by atoms with E-state index in [1.54, 1.807) is 12.3 Å². The molecule has 1 aromatic heterocycles. The maximum absolute atomic E-state index is 11.2. The molecule has 0 aliphatic carbocycles. The molecule has 2 N–H and O–H groups in total. The molecule has 25 heavy (non-hydrogen) atoms. The molecule has 0 spiro atoms. The van der Waals surface area contributed by atoms with E-state index in [9.17, 15) is 19.8 Å². The molecule has 0 saturated carbocycles. The maximum Gasteiger partial charge on any atom is 0.154 e. The van der Waals surface area contributed by atoms with E-state index < -0.39 is 5.75 Å². The second-order valence-corrected chi connectivity index (χ2v) is 6.56. The molecule has 0 saturated heterocycles. The molecule has 0 aliphatic heterocycles. The summed E-state index contributed by atoms with van der Waals surface area (Å²) < 4.78 is 0. The normalized spacial score (nSPS) is 10.8. The van der Waals surface area contributed by atoms with Crippen LogP contribution in [0, 0.1) is 0 Å². The van der Waals surface area contributed by atoms with Crippen LogP contribution in [0.5, 0.6) is 11.5 Å². The number of aromatic nitrogens is 1. The molecule has 126 valence electrons. The quantitative estimate of drug-likeness (QED) is 0.417. The zero-order chi connectivity index (χ0) is 18.1. The van der Waals surface area contributed by atoms with Gasteiger partial charge in [-0.1, -0.05) is 23.7 Å². The molecule has 7 heteroatoms. The molecule has 1 unspecified atom stereocenters. The van der Waals surface area contributed by atoms with Gasteiger partial charge in [0.05, 0.1) is 11.1 Å². The maximum atomic E-state index is 11.2. The summed E-state index contributed by atoms with van der Waals surface area (Å²) in [5.41, 5.74) is 1.23. The van der Waals surface area contributed by atoms with Gasteiger partial charge < -0.3 is 10.2 Å². The van der Waals surface area contributed by atoms with Crippen molar-refractivity contribution in [1.29, 1.82) is 0 Å². The van der Waals surface area contributed by atoms with Crippen LogP contribution >= 0.6 is 20.8 Å². The summed E-state index contributed by atoms with van der Waals surface area (Å²) in [5, 5.41) is 22.2. The molecule has 0 bridgehead atoms. The zero-order valence-electron chi connectivity index (χ0n) is 12.9. The van der Waals surface area contributed by atoms with Gasteiger partial charge in [-0.25, -0.2) is 0 Å². The van der Waals surface area contributed by atoms with Crippen molar-refractivity contribution in [1.82, 2.24) is 4.98 Å². The summed E-state index contributed by atoms with van der Waals surface area (Å²) in [4.78, 5) is 26.4. The number of halogens is 1. The first kappa shape index (κ1) is 17.3. The lowest BCUT2D eigenvalue weighted by Gasteiger charge is -2.11. The Morgan fingerprint density at radius 1 is 1.04 bits per heavy atom. The monoisotopic (exact) mass is 373 g/mol. The van der Waals surface area contributed by atoms with E-state index in [1.165, 1.54) is 0 Å². The molecule has 3 aromatic rings. The molecule has 3 rings (SSSR count). The first-order valence-corrected chi connectivity index (χ1v) is 8.22. The number of aldehydes is 2. The number of phenols is 2. The van der Waals surface area contributed by atoms with Crippen molar-refractivity contribution in [2.75, 3.05) is 0 Å². The van der Waals surface area contributed by atoms with Gasteiger partial charge in [0, 0.05) is 16.6 Å². The Kier molecular flexibility index (Phi) is 4.71. The third kappa shape index (κ3) is 3.09. The Morgan fingerprint density at radius 3 is 2.36 bits per heavy atom. The van der Waals surface area contributed by atoms with Gasteiger partial charge in [-0.15, -0.1) is 9.24 Å². The van der Waals surface area contributed by atoms with Crippen LogP contribution in [0.1, 0.15) is 31.8 Å². The van der Waals surface area contributed by atoms with E-state index in [2.05, 4.69) is 14.2 Å². The van der Waals surface area contributed by atoms with Gasteiger partial charge in [0.25, 0.3) is 0 Å². The van der Waals surface area contributed by atoms with Crippen LogP contribution in [-0.4, -0.2) is 27.8 Å². The fourth-order valence-corrected chi connectivity index (χ4v) is 3.04. The summed E-state index contributed by atoms with van der Waals surface area (Å²) >= 11 is 6.11. The van der Waals surface area contributed by atoms with Crippen LogP contribution in [0.2, 0.25) is 5.02 Å². The lowest BCUT2D eigenvalue weighted by molar-refractivity contribution is 0.109. The summed E-state index contributed by atoms with van der Waals surface area (Å²) in [6.45, 7) is 0. The lowest BCUT2D eigenvalue weighted by atomic mass is 9.99. The van der Waals surface area contributed by atoms with Crippen molar-refractivity contribution in [3.05, 3.63) is 57.7 Å². The number of benzene rings is 2. The van der Waals surface area contributed by atoms with E-state index in [0.717, 1.165) is 16.4 Å². The van der Waals surface area contributed by atoms with Crippen molar-refractivity contribution in [2.45, 2.75) is 6.42 Å². The van der Waals surface area contributed by atoms with Gasteiger partial charge in [-0.2, -0.15) is 0 Å². The van der Waals surface area contributed by atoms with Crippen LogP contribution in [0.4, 0.5) is 0 Å². The first-order valence-electron chi connectivity index (χ1n) is 7.27. The van der Waals surface area contributed by atoms with Crippen LogP contribution in [-0.2, 0) is 6.42 Å². The molecule has 2 aromatic carbocycles. The Hall–Kier alpha value is -2.49. The van der Waals surface area contributed by atoms with Gasteiger partial charge in [0.1, 0.15) is 11.3 Å². The summed E-state index contributed by atoms with van der Waals surface area (Å²) in [6, 6.07) is 7.25. The van der Waals surface area contributed by atoms with Crippen molar-refractivity contribution < 1.29 is 19.8 Å². The average molecular weight is 374 g/mol. The molecule has 0 radical (unpaired) electrons. The molecule has 0 fully saturated rings. The highest BCUT2D eigenvalue weighted by Gasteiger charge is 2.19. The second-order valence-electron chi connectivity index (χ2n) is 5.53. The summed E-state index contributed by atoms with van der Waals surface area (Å²) in [7, 11) is 2.54. The van der Waals surface area contributed by atoms with E-state index in [0.29, 0.717) is 24.0 Å². The van der Waals surface area contributed by atoms with Crippen LogP contribution in [0.3, 0.4) is 0 Å². The van der Waals surface area contributed by atoms with E-state index in [1.807, 2.05) is 18.2 Å². The summed E-state index contributed by atoms with van der Waals surface area (Å²) in [6.07, 6.45) is 2.70. The number of phenolic OH excluding ortho intramolecular Hbond substituents is 2.